The van der Waals surface area contributed by atoms with Crippen molar-refractivity contribution in [3.8, 4) is 0 Å². The molecule has 5 nitrogen and oxygen atoms in total. The Morgan fingerprint density at radius 2 is 2.19 bits per heavy atom. The quantitative estimate of drug-likeness (QED) is 0.774. The first-order valence-corrected chi connectivity index (χ1v) is 7.77. The predicted molar refractivity (Wildman–Crippen MR) is 84.6 cm³/mol. The molecule has 0 bridgehead atoms. The molecule has 0 aromatic heterocycles. The van der Waals surface area contributed by atoms with Crippen LogP contribution in [0.5, 0.6) is 0 Å². The molecule has 0 spiro atoms. The van der Waals surface area contributed by atoms with Crippen molar-refractivity contribution in [2.75, 3.05) is 33.8 Å². The van der Waals surface area contributed by atoms with E-state index in [1.807, 2.05) is 18.0 Å². The zero-order valence-corrected chi connectivity index (χ0v) is 13.0. The molecule has 116 valence electrons. The van der Waals surface area contributed by atoms with Crippen molar-refractivity contribution in [1.29, 1.82) is 0 Å². The molecule has 5 heteroatoms. The van der Waals surface area contributed by atoms with Crippen LogP contribution in [0.25, 0.3) is 0 Å². The van der Waals surface area contributed by atoms with Gasteiger partial charge in [0.2, 0.25) is 0 Å². The fourth-order valence-electron chi connectivity index (χ4n) is 3.60. The summed E-state index contributed by atoms with van der Waals surface area (Å²) in [5.41, 5.74) is 6.92. The average molecular weight is 290 g/mol. The summed E-state index contributed by atoms with van der Waals surface area (Å²) in [6.07, 6.45) is 5.54. The summed E-state index contributed by atoms with van der Waals surface area (Å²) in [7, 11) is 4.14. The van der Waals surface area contributed by atoms with Gasteiger partial charge in [0, 0.05) is 38.3 Å². The second kappa shape index (κ2) is 5.81. The Bertz CT molecular complexity index is 461. The van der Waals surface area contributed by atoms with Crippen LogP contribution in [0.4, 0.5) is 0 Å². The van der Waals surface area contributed by atoms with E-state index in [4.69, 9.17) is 10.5 Å². The van der Waals surface area contributed by atoms with Crippen LogP contribution in [0.2, 0.25) is 0 Å². The standard InChI is InChI=1S/C16H26N4O/c1-11(6-12-7-16(17)20(3)10-18-12)21-5-4-13-14-8-19(2)9-15(13)14/h6,10,13-16H,1,4-5,7-9,17H2,2-3H3/b12-6+/t13-,14-,15+,16?. The number of nitrogens with zero attached hydrogens (tertiary/aromatic N) is 3. The van der Waals surface area contributed by atoms with Gasteiger partial charge in [0.15, 0.2) is 0 Å². The van der Waals surface area contributed by atoms with E-state index in [9.17, 15) is 0 Å². The number of nitrogens with two attached hydrogens (primary N) is 1. The van der Waals surface area contributed by atoms with E-state index in [2.05, 4.69) is 23.5 Å². The molecule has 1 unspecified atom stereocenters. The Morgan fingerprint density at radius 1 is 1.48 bits per heavy atom. The first-order valence-electron chi connectivity index (χ1n) is 7.77. The minimum Gasteiger partial charge on any atom is -0.494 e. The minimum atomic E-state index is -0.00983. The molecule has 21 heavy (non-hydrogen) atoms. The third-order valence-corrected chi connectivity index (χ3v) is 4.97. The molecule has 2 heterocycles. The fourth-order valence-corrected chi connectivity index (χ4v) is 3.60. The van der Waals surface area contributed by atoms with Gasteiger partial charge in [0.05, 0.1) is 19.1 Å². The van der Waals surface area contributed by atoms with Crippen molar-refractivity contribution < 1.29 is 4.74 Å². The zero-order chi connectivity index (χ0) is 15.0. The Labute approximate surface area is 127 Å². The molecule has 2 aliphatic heterocycles. The maximum atomic E-state index is 5.98. The highest BCUT2D eigenvalue weighted by Crippen LogP contribution is 2.53. The van der Waals surface area contributed by atoms with Gasteiger partial charge in [-0.1, -0.05) is 6.58 Å². The maximum absolute atomic E-state index is 5.98. The molecule has 1 saturated heterocycles. The number of hydrogen-bond donors (Lipinski definition) is 1. The number of aliphatic imine (C=N–C) groups is 1. The normalized spacial score (nSPS) is 36.9. The summed E-state index contributed by atoms with van der Waals surface area (Å²) in [6.45, 7) is 7.25. The summed E-state index contributed by atoms with van der Waals surface area (Å²) >= 11 is 0. The van der Waals surface area contributed by atoms with Gasteiger partial charge in [-0.2, -0.15) is 0 Å². The Morgan fingerprint density at radius 3 is 2.86 bits per heavy atom. The minimum absolute atomic E-state index is 0.00983. The highest BCUT2D eigenvalue weighted by Gasteiger charge is 2.53. The Balaban J connectivity index is 1.38. The van der Waals surface area contributed by atoms with Gasteiger partial charge in [0.25, 0.3) is 0 Å². The van der Waals surface area contributed by atoms with Crippen LogP contribution in [0, 0.1) is 17.8 Å². The van der Waals surface area contributed by atoms with E-state index in [1.165, 1.54) is 13.1 Å². The number of ether oxygens (including phenoxy) is 1. The van der Waals surface area contributed by atoms with Crippen molar-refractivity contribution in [3.63, 3.8) is 0 Å². The number of hydrogen-bond acceptors (Lipinski definition) is 5. The third kappa shape index (κ3) is 3.30. The van der Waals surface area contributed by atoms with Crippen molar-refractivity contribution >= 4 is 6.34 Å². The molecular formula is C16H26N4O. The molecule has 3 rings (SSSR count). The smallest absolute Gasteiger partial charge is 0.113 e. The molecule has 0 aromatic rings. The van der Waals surface area contributed by atoms with Gasteiger partial charge >= 0.3 is 0 Å². The topological polar surface area (TPSA) is 54.1 Å². The molecule has 2 fully saturated rings. The van der Waals surface area contributed by atoms with Crippen LogP contribution in [0.15, 0.2) is 29.1 Å². The lowest BCUT2D eigenvalue weighted by Gasteiger charge is -2.26. The van der Waals surface area contributed by atoms with Crippen LogP contribution < -0.4 is 5.73 Å². The lowest BCUT2D eigenvalue weighted by molar-refractivity contribution is 0.205. The highest BCUT2D eigenvalue weighted by atomic mass is 16.5. The zero-order valence-electron chi connectivity index (χ0n) is 13.0. The summed E-state index contributed by atoms with van der Waals surface area (Å²) in [5, 5.41) is 0. The van der Waals surface area contributed by atoms with Crippen LogP contribution in [-0.2, 0) is 4.74 Å². The summed E-state index contributed by atoms with van der Waals surface area (Å²) in [6, 6.07) is 0. The molecule has 4 atom stereocenters. The van der Waals surface area contributed by atoms with Gasteiger partial charge in [-0.15, -0.1) is 0 Å². The summed E-state index contributed by atoms with van der Waals surface area (Å²) < 4.78 is 5.74. The fraction of sp³-hybridized carbons (Fsp3) is 0.688. The van der Waals surface area contributed by atoms with Gasteiger partial charge < -0.3 is 20.3 Å². The van der Waals surface area contributed by atoms with Crippen LogP contribution in [-0.4, -0.2) is 56.1 Å². The molecule has 1 saturated carbocycles. The van der Waals surface area contributed by atoms with Crippen LogP contribution in [0.1, 0.15) is 12.8 Å². The Kier molecular flexibility index (Phi) is 4.04. The van der Waals surface area contributed by atoms with Gasteiger partial charge in [-0.25, -0.2) is 4.99 Å². The first kappa shape index (κ1) is 14.6. The number of likely N-dealkylation sites (tertiary alicyclic amines) is 1. The lowest BCUT2D eigenvalue weighted by atomic mass is 10.2. The van der Waals surface area contributed by atoms with E-state index in [0.717, 1.165) is 42.9 Å². The molecule has 0 amide bonds. The third-order valence-electron chi connectivity index (χ3n) is 4.97. The van der Waals surface area contributed by atoms with Crippen molar-refractivity contribution in [2.24, 2.45) is 28.5 Å². The highest BCUT2D eigenvalue weighted by molar-refractivity contribution is 5.58. The van der Waals surface area contributed by atoms with Crippen molar-refractivity contribution in [2.45, 2.75) is 19.0 Å². The predicted octanol–water partition coefficient (Wildman–Crippen LogP) is 1.25. The molecular weight excluding hydrogens is 264 g/mol. The van der Waals surface area contributed by atoms with Gasteiger partial charge in [-0.3, -0.25) is 0 Å². The van der Waals surface area contributed by atoms with E-state index >= 15 is 0 Å². The second-order valence-corrected chi connectivity index (χ2v) is 6.63. The summed E-state index contributed by atoms with van der Waals surface area (Å²) in [4.78, 5) is 8.68. The largest absolute Gasteiger partial charge is 0.494 e. The van der Waals surface area contributed by atoms with Gasteiger partial charge in [0.1, 0.15) is 5.76 Å². The monoisotopic (exact) mass is 290 g/mol. The number of allylic oxidation sites excluding steroid dienone is 1. The van der Waals surface area contributed by atoms with Gasteiger partial charge in [-0.05, 0) is 31.2 Å². The van der Waals surface area contributed by atoms with E-state index in [1.54, 1.807) is 6.34 Å². The molecule has 0 radical (unpaired) electrons. The van der Waals surface area contributed by atoms with E-state index < -0.39 is 0 Å². The molecule has 0 aromatic carbocycles. The summed E-state index contributed by atoms with van der Waals surface area (Å²) in [5.74, 6) is 3.40. The van der Waals surface area contributed by atoms with E-state index in [0.29, 0.717) is 5.76 Å². The molecule has 2 N–H and O–H groups in total. The molecule has 1 aliphatic carbocycles. The number of fused-ring (bicyclic) bond motifs is 1. The van der Waals surface area contributed by atoms with Crippen LogP contribution >= 0.6 is 0 Å². The number of piperidine rings is 1. The maximum Gasteiger partial charge on any atom is 0.113 e. The first-order chi connectivity index (χ1) is 10.0. The van der Waals surface area contributed by atoms with Crippen molar-refractivity contribution in [1.82, 2.24) is 9.80 Å². The lowest BCUT2D eigenvalue weighted by Crippen LogP contribution is -2.40. The SMILES string of the molecule is C=C(/C=C1\CC(N)N(C)C=N1)OCC[C@@H]1[C@H]2CN(C)C[C@@H]12. The second-order valence-electron chi connectivity index (χ2n) is 6.63. The molecule has 3 aliphatic rings. The van der Waals surface area contributed by atoms with Crippen molar-refractivity contribution in [3.05, 3.63) is 24.1 Å². The number of rotatable bonds is 5. The Hall–Kier alpha value is -1.33. The van der Waals surface area contributed by atoms with Crippen LogP contribution in [0.3, 0.4) is 0 Å². The average Bonchev–Trinajstić information content (AvgIpc) is 2.89. The van der Waals surface area contributed by atoms with E-state index in [-0.39, 0.29) is 6.17 Å².